The lowest BCUT2D eigenvalue weighted by molar-refractivity contribution is 0.0696. The normalized spacial score (nSPS) is 10.2. The second-order valence-electron chi connectivity index (χ2n) is 3.42. The van der Waals surface area contributed by atoms with Gasteiger partial charge in [0.05, 0.1) is 5.69 Å². The van der Waals surface area contributed by atoms with Crippen LogP contribution in [0.1, 0.15) is 10.4 Å². The minimum Gasteiger partial charge on any atom is -0.478 e. The summed E-state index contributed by atoms with van der Waals surface area (Å²) in [7, 11) is 1.45. The highest BCUT2D eigenvalue weighted by Crippen LogP contribution is 2.16. The van der Waals surface area contributed by atoms with E-state index in [1.165, 1.54) is 19.4 Å². The molecular formula is C11H9N3O3. The Morgan fingerprint density at radius 2 is 2.18 bits per heavy atom. The van der Waals surface area contributed by atoms with Crippen LogP contribution < -0.4 is 5.69 Å². The first-order valence-corrected chi connectivity index (χ1v) is 4.82. The molecule has 0 aliphatic heterocycles. The van der Waals surface area contributed by atoms with E-state index in [1.54, 1.807) is 18.2 Å². The smallest absolute Gasteiger partial charge is 0.347 e. The zero-order valence-corrected chi connectivity index (χ0v) is 8.99. The number of rotatable bonds is 2. The first kappa shape index (κ1) is 11.0. The van der Waals surface area contributed by atoms with Crippen LogP contribution in [0, 0.1) is 0 Å². The van der Waals surface area contributed by atoms with Crippen molar-refractivity contribution in [1.29, 1.82) is 0 Å². The molecule has 0 aliphatic rings. The zero-order chi connectivity index (χ0) is 12.4. The van der Waals surface area contributed by atoms with Crippen LogP contribution in [0.15, 0.2) is 35.4 Å². The van der Waals surface area contributed by atoms with Crippen LogP contribution in [0.3, 0.4) is 0 Å². The number of pyridine rings is 1. The molecule has 6 heteroatoms. The molecule has 0 aliphatic carbocycles. The molecule has 86 valence electrons. The number of nitrogens with zero attached hydrogens (tertiary/aromatic N) is 3. The summed E-state index contributed by atoms with van der Waals surface area (Å²) in [6, 6.07) is 5.01. The van der Waals surface area contributed by atoms with Gasteiger partial charge in [-0.3, -0.25) is 4.98 Å². The van der Waals surface area contributed by atoms with Crippen molar-refractivity contribution in [3.8, 4) is 11.4 Å². The number of carboxylic acid groups (broad SMARTS) is 1. The van der Waals surface area contributed by atoms with E-state index in [4.69, 9.17) is 5.11 Å². The SMILES string of the molecule is Cn1cc(C(=O)O)c(-c2ccccn2)nc1=O. The van der Waals surface area contributed by atoms with E-state index < -0.39 is 11.7 Å². The number of aromatic carboxylic acids is 1. The number of carbonyl (C=O) groups is 1. The Labute approximate surface area is 96.2 Å². The minimum atomic E-state index is -1.14. The van der Waals surface area contributed by atoms with Crippen molar-refractivity contribution in [3.63, 3.8) is 0 Å². The second-order valence-corrected chi connectivity index (χ2v) is 3.42. The van der Waals surface area contributed by atoms with E-state index >= 15 is 0 Å². The Hall–Kier alpha value is -2.50. The molecule has 6 nitrogen and oxygen atoms in total. The van der Waals surface area contributed by atoms with Gasteiger partial charge in [-0.2, -0.15) is 4.98 Å². The van der Waals surface area contributed by atoms with E-state index in [1.807, 2.05) is 0 Å². The van der Waals surface area contributed by atoms with Gasteiger partial charge in [0.15, 0.2) is 0 Å². The molecule has 0 saturated heterocycles. The standard InChI is InChI=1S/C11H9N3O3/c1-14-6-7(10(15)16)9(13-11(14)17)8-4-2-3-5-12-8/h2-6H,1H3,(H,15,16). The molecule has 2 rings (SSSR count). The van der Waals surface area contributed by atoms with Gasteiger partial charge in [0.25, 0.3) is 0 Å². The van der Waals surface area contributed by atoms with Gasteiger partial charge >= 0.3 is 11.7 Å². The summed E-state index contributed by atoms with van der Waals surface area (Å²) in [4.78, 5) is 30.2. The fourth-order valence-electron chi connectivity index (χ4n) is 1.40. The summed E-state index contributed by atoms with van der Waals surface area (Å²) >= 11 is 0. The molecule has 2 aromatic heterocycles. The fraction of sp³-hybridized carbons (Fsp3) is 0.0909. The van der Waals surface area contributed by atoms with Crippen LogP contribution in [0.25, 0.3) is 11.4 Å². The maximum Gasteiger partial charge on any atom is 0.347 e. The van der Waals surface area contributed by atoms with E-state index in [-0.39, 0.29) is 11.3 Å². The Morgan fingerprint density at radius 1 is 1.41 bits per heavy atom. The number of hydrogen-bond acceptors (Lipinski definition) is 4. The average molecular weight is 231 g/mol. The molecule has 17 heavy (non-hydrogen) atoms. The largest absolute Gasteiger partial charge is 0.478 e. The van der Waals surface area contributed by atoms with E-state index in [0.29, 0.717) is 5.69 Å². The Kier molecular flexibility index (Phi) is 2.70. The molecule has 0 aromatic carbocycles. The molecule has 0 amide bonds. The highest BCUT2D eigenvalue weighted by molar-refractivity contribution is 5.93. The summed E-state index contributed by atoms with van der Waals surface area (Å²) in [5, 5.41) is 9.06. The van der Waals surface area contributed by atoms with Crippen molar-refractivity contribution in [2.24, 2.45) is 7.05 Å². The van der Waals surface area contributed by atoms with E-state index in [0.717, 1.165) is 4.57 Å². The fourth-order valence-corrected chi connectivity index (χ4v) is 1.40. The molecule has 2 aromatic rings. The summed E-state index contributed by atoms with van der Waals surface area (Å²) in [5.41, 5.74) is -0.120. The molecule has 0 spiro atoms. The van der Waals surface area contributed by atoms with Gasteiger partial charge in [0.2, 0.25) is 0 Å². The van der Waals surface area contributed by atoms with Crippen molar-refractivity contribution in [2.45, 2.75) is 0 Å². The van der Waals surface area contributed by atoms with Crippen molar-refractivity contribution >= 4 is 5.97 Å². The van der Waals surface area contributed by atoms with Crippen molar-refractivity contribution in [3.05, 3.63) is 46.6 Å². The third-order valence-electron chi connectivity index (χ3n) is 2.22. The van der Waals surface area contributed by atoms with Gasteiger partial charge in [-0.15, -0.1) is 0 Å². The summed E-state index contributed by atoms with van der Waals surface area (Å²) < 4.78 is 1.12. The van der Waals surface area contributed by atoms with Crippen molar-refractivity contribution in [2.75, 3.05) is 0 Å². The van der Waals surface area contributed by atoms with Gasteiger partial charge in [0.1, 0.15) is 11.3 Å². The van der Waals surface area contributed by atoms with Crippen LogP contribution in [-0.2, 0) is 7.05 Å². The molecule has 0 radical (unpaired) electrons. The minimum absolute atomic E-state index is 0.0502. The van der Waals surface area contributed by atoms with Crippen LogP contribution in [0.4, 0.5) is 0 Å². The lowest BCUT2D eigenvalue weighted by Crippen LogP contribution is -2.23. The van der Waals surface area contributed by atoms with Gasteiger partial charge < -0.3 is 9.67 Å². The maximum absolute atomic E-state index is 11.4. The summed E-state index contributed by atoms with van der Waals surface area (Å²) in [6.45, 7) is 0. The maximum atomic E-state index is 11.4. The predicted molar refractivity (Wildman–Crippen MR) is 59.7 cm³/mol. The van der Waals surface area contributed by atoms with Crippen LogP contribution in [0.2, 0.25) is 0 Å². The van der Waals surface area contributed by atoms with Gasteiger partial charge in [-0.05, 0) is 12.1 Å². The molecule has 0 unspecified atom stereocenters. The summed E-state index contributed by atoms with van der Waals surface area (Å²) in [6.07, 6.45) is 2.75. The lowest BCUT2D eigenvalue weighted by Gasteiger charge is -2.05. The molecule has 2 heterocycles. The molecule has 0 bridgehead atoms. The second kappa shape index (κ2) is 4.17. The molecule has 0 fully saturated rings. The zero-order valence-electron chi connectivity index (χ0n) is 8.99. The number of aryl methyl sites for hydroxylation is 1. The van der Waals surface area contributed by atoms with Crippen LogP contribution >= 0.6 is 0 Å². The first-order valence-electron chi connectivity index (χ1n) is 4.82. The average Bonchev–Trinajstić information content (AvgIpc) is 2.33. The topological polar surface area (TPSA) is 85.1 Å². The Bertz CT molecular complexity index is 620. The molecule has 0 atom stereocenters. The van der Waals surface area contributed by atoms with Crippen LogP contribution in [0.5, 0.6) is 0 Å². The van der Waals surface area contributed by atoms with Gasteiger partial charge in [0, 0.05) is 19.4 Å². The molecule has 0 saturated carbocycles. The van der Waals surface area contributed by atoms with Gasteiger partial charge in [-0.25, -0.2) is 9.59 Å². The quantitative estimate of drug-likeness (QED) is 0.815. The third kappa shape index (κ3) is 2.05. The Morgan fingerprint density at radius 3 is 2.76 bits per heavy atom. The predicted octanol–water partition coefficient (Wildman–Crippen LogP) is 0.540. The molecular weight excluding hydrogens is 222 g/mol. The summed E-state index contributed by atoms with van der Waals surface area (Å²) in [5.74, 6) is -1.14. The lowest BCUT2D eigenvalue weighted by atomic mass is 10.1. The highest BCUT2D eigenvalue weighted by Gasteiger charge is 2.15. The number of aromatic nitrogens is 3. The molecule has 1 N–H and O–H groups in total. The Balaban J connectivity index is 2.73. The van der Waals surface area contributed by atoms with E-state index in [9.17, 15) is 9.59 Å². The van der Waals surface area contributed by atoms with Crippen LogP contribution in [-0.4, -0.2) is 25.6 Å². The monoisotopic (exact) mass is 231 g/mol. The third-order valence-corrected chi connectivity index (χ3v) is 2.22. The highest BCUT2D eigenvalue weighted by atomic mass is 16.4. The number of carboxylic acids is 1. The van der Waals surface area contributed by atoms with Crippen molar-refractivity contribution < 1.29 is 9.90 Å². The van der Waals surface area contributed by atoms with Gasteiger partial charge in [-0.1, -0.05) is 6.07 Å². The van der Waals surface area contributed by atoms with Crippen molar-refractivity contribution in [1.82, 2.24) is 14.5 Å². The number of hydrogen-bond donors (Lipinski definition) is 1. The van der Waals surface area contributed by atoms with E-state index in [2.05, 4.69) is 9.97 Å². The first-order chi connectivity index (χ1) is 8.09.